The van der Waals surface area contributed by atoms with Gasteiger partial charge in [0.2, 0.25) is 0 Å². The number of para-hydroxylation sites is 1. The first-order valence-corrected chi connectivity index (χ1v) is 6.07. The van der Waals surface area contributed by atoms with Gasteiger partial charge in [0.25, 0.3) is 0 Å². The highest BCUT2D eigenvalue weighted by molar-refractivity contribution is 9.10. The van der Waals surface area contributed by atoms with Gasteiger partial charge in [0.1, 0.15) is 0 Å². The van der Waals surface area contributed by atoms with Gasteiger partial charge in [0.05, 0.1) is 23.9 Å². The molecule has 0 bridgehead atoms. The minimum absolute atomic E-state index is 0.253. The fourth-order valence-corrected chi connectivity index (χ4v) is 1.92. The fourth-order valence-electron chi connectivity index (χ4n) is 1.57. The maximum absolute atomic E-state index is 9.30. The Hall–Kier alpha value is -1.17. The normalized spacial score (nSPS) is 12.6. The zero-order chi connectivity index (χ0) is 12.3. The largest absolute Gasteiger partial charge is 0.394 e. The Morgan fingerprint density at radius 1 is 1.41 bits per heavy atom. The van der Waals surface area contributed by atoms with E-state index in [-0.39, 0.29) is 6.61 Å². The van der Waals surface area contributed by atoms with Gasteiger partial charge in [-0.15, -0.1) is 0 Å². The lowest BCUT2D eigenvalue weighted by Crippen LogP contribution is -2.23. The van der Waals surface area contributed by atoms with Crippen LogP contribution < -0.4 is 5.32 Å². The van der Waals surface area contributed by atoms with Gasteiger partial charge in [-0.1, -0.05) is 12.1 Å². The Morgan fingerprint density at radius 3 is 3.00 bits per heavy atom. The van der Waals surface area contributed by atoms with Gasteiger partial charge in [0.15, 0.2) is 0 Å². The molecule has 3 N–H and O–H groups in total. The molecule has 90 valence electrons. The van der Waals surface area contributed by atoms with Crippen molar-refractivity contribution in [2.75, 3.05) is 18.5 Å². The first-order valence-electron chi connectivity index (χ1n) is 5.28. The van der Waals surface area contributed by atoms with E-state index in [2.05, 4.69) is 26.2 Å². The smallest absolute Gasteiger partial charge is 0.0942 e. The van der Waals surface area contributed by atoms with Crippen molar-refractivity contribution in [1.29, 1.82) is 0 Å². The zero-order valence-corrected chi connectivity index (χ0v) is 10.7. The molecule has 0 saturated carbocycles. The van der Waals surface area contributed by atoms with Crippen LogP contribution in [-0.4, -0.2) is 34.5 Å². The van der Waals surface area contributed by atoms with Gasteiger partial charge in [-0.25, -0.2) is 0 Å². The molecule has 2 aromatic rings. The molecule has 0 amide bonds. The van der Waals surface area contributed by atoms with Crippen LogP contribution in [0.2, 0.25) is 0 Å². The highest BCUT2D eigenvalue weighted by Gasteiger charge is 2.05. The predicted octanol–water partition coefficient (Wildman–Crippen LogP) is 1.76. The third-order valence-corrected chi connectivity index (χ3v) is 2.85. The quantitative estimate of drug-likeness (QED) is 0.804. The number of rotatable bonds is 4. The van der Waals surface area contributed by atoms with Crippen LogP contribution in [-0.2, 0) is 0 Å². The zero-order valence-electron chi connectivity index (χ0n) is 9.10. The van der Waals surface area contributed by atoms with E-state index in [9.17, 15) is 5.11 Å². The van der Waals surface area contributed by atoms with Gasteiger partial charge in [-0.2, -0.15) is 0 Å². The number of aliphatic hydroxyl groups excluding tert-OH is 2. The van der Waals surface area contributed by atoms with Crippen LogP contribution in [0.5, 0.6) is 0 Å². The van der Waals surface area contributed by atoms with Crippen molar-refractivity contribution in [3.05, 3.63) is 34.9 Å². The van der Waals surface area contributed by atoms with E-state index in [4.69, 9.17) is 5.11 Å². The van der Waals surface area contributed by atoms with E-state index in [0.717, 1.165) is 21.1 Å². The molecule has 1 heterocycles. The van der Waals surface area contributed by atoms with E-state index in [1.807, 2.05) is 24.3 Å². The molecule has 0 unspecified atom stereocenters. The molecular formula is C12H13BrN2O2. The number of pyridine rings is 1. The summed E-state index contributed by atoms with van der Waals surface area (Å²) < 4.78 is 0.928. The molecule has 4 nitrogen and oxygen atoms in total. The van der Waals surface area contributed by atoms with Gasteiger partial charge in [-0.3, -0.25) is 4.98 Å². The Morgan fingerprint density at radius 2 is 2.24 bits per heavy atom. The third kappa shape index (κ3) is 2.94. The topological polar surface area (TPSA) is 65.4 Å². The summed E-state index contributed by atoms with van der Waals surface area (Å²) in [6.07, 6.45) is 0.969. The van der Waals surface area contributed by atoms with Crippen molar-refractivity contribution < 1.29 is 10.2 Å². The average molecular weight is 297 g/mol. The van der Waals surface area contributed by atoms with Crippen LogP contribution in [0.15, 0.2) is 34.9 Å². The highest BCUT2D eigenvalue weighted by atomic mass is 79.9. The van der Waals surface area contributed by atoms with Gasteiger partial charge in [0, 0.05) is 22.6 Å². The number of fused-ring (bicyclic) bond motifs is 1. The van der Waals surface area contributed by atoms with Crippen LogP contribution in [0.25, 0.3) is 10.9 Å². The number of aliphatic hydroxyl groups is 2. The van der Waals surface area contributed by atoms with Crippen LogP contribution in [0, 0.1) is 0 Å². The summed E-state index contributed by atoms with van der Waals surface area (Å²) in [5, 5.41) is 22.1. The SMILES string of the molecule is OC[C@@H](O)CNc1cccc2cc(Br)cnc12. The Kier molecular flexibility index (Phi) is 3.93. The Balaban J connectivity index is 2.28. The molecule has 0 aliphatic carbocycles. The maximum Gasteiger partial charge on any atom is 0.0942 e. The second-order valence-corrected chi connectivity index (χ2v) is 4.66. The minimum Gasteiger partial charge on any atom is -0.394 e. The van der Waals surface area contributed by atoms with E-state index in [0.29, 0.717) is 6.54 Å². The first-order chi connectivity index (χ1) is 8.20. The monoisotopic (exact) mass is 296 g/mol. The second kappa shape index (κ2) is 5.44. The van der Waals surface area contributed by atoms with E-state index < -0.39 is 6.10 Å². The molecule has 0 spiro atoms. The molecule has 0 aliphatic heterocycles. The van der Waals surface area contributed by atoms with Crippen LogP contribution in [0.4, 0.5) is 5.69 Å². The van der Waals surface area contributed by atoms with Crippen molar-refractivity contribution in [3.8, 4) is 0 Å². The number of aromatic nitrogens is 1. The van der Waals surface area contributed by atoms with E-state index >= 15 is 0 Å². The summed E-state index contributed by atoms with van der Waals surface area (Å²) in [5.41, 5.74) is 1.70. The number of hydrogen-bond donors (Lipinski definition) is 3. The minimum atomic E-state index is -0.763. The summed E-state index contributed by atoms with van der Waals surface area (Å²) in [5.74, 6) is 0. The van der Waals surface area contributed by atoms with Crippen LogP contribution in [0.1, 0.15) is 0 Å². The number of benzene rings is 1. The van der Waals surface area contributed by atoms with Crippen molar-refractivity contribution in [3.63, 3.8) is 0 Å². The number of hydrogen-bond acceptors (Lipinski definition) is 4. The van der Waals surface area contributed by atoms with Gasteiger partial charge >= 0.3 is 0 Å². The average Bonchev–Trinajstić information content (AvgIpc) is 2.35. The van der Waals surface area contributed by atoms with Crippen molar-refractivity contribution in [2.45, 2.75) is 6.10 Å². The molecule has 0 fully saturated rings. The number of halogens is 1. The molecule has 17 heavy (non-hydrogen) atoms. The predicted molar refractivity (Wildman–Crippen MR) is 71.0 cm³/mol. The number of nitrogens with zero attached hydrogens (tertiary/aromatic N) is 1. The van der Waals surface area contributed by atoms with Crippen LogP contribution >= 0.6 is 15.9 Å². The van der Waals surface area contributed by atoms with Crippen LogP contribution in [0.3, 0.4) is 0 Å². The molecular weight excluding hydrogens is 284 g/mol. The molecule has 0 saturated heterocycles. The molecule has 1 aromatic heterocycles. The Bertz CT molecular complexity index is 519. The molecule has 1 aromatic carbocycles. The third-order valence-electron chi connectivity index (χ3n) is 2.42. The summed E-state index contributed by atoms with van der Waals surface area (Å²) in [7, 11) is 0. The molecule has 2 rings (SSSR count). The van der Waals surface area contributed by atoms with Gasteiger partial charge < -0.3 is 15.5 Å². The molecule has 5 heteroatoms. The van der Waals surface area contributed by atoms with E-state index in [1.165, 1.54) is 0 Å². The van der Waals surface area contributed by atoms with Crippen molar-refractivity contribution in [1.82, 2.24) is 4.98 Å². The summed E-state index contributed by atoms with van der Waals surface area (Å²) in [6.45, 7) is 0.0457. The summed E-state index contributed by atoms with van der Waals surface area (Å²) in [4.78, 5) is 4.33. The number of nitrogens with one attached hydrogen (secondary N) is 1. The lowest BCUT2D eigenvalue weighted by Gasteiger charge is -2.11. The fraction of sp³-hybridized carbons (Fsp3) is 0.250. The molecule has 0 aliphatic rings. The number of anilines is 1. The second-order valence-electron chi connectivity index (χ2n) is 3.75. The molecule has 1 atom stereocenters. The summed E-state index contributed by atoms with van der Waals surface area (Å²) >= 11 is 3.37. The maximum atomic E-state index is 9.30. The lowest BCUT2D eigenvalue weighted by atomic mass is 10.2. The summed E-state index contributed by atoms with van der Waals surface area (Å²) in [6, 6.07) is 7.77. The standard InChI is InChI=1S/C12H13BrN2O2/c13-9-4-8-2-1-3-11(12(8)15-5-9)14-6-10(17)7-16/h1-5,10,14,16-17H,6-7H2/t10-/m0/s1. The van der Waals surface area contributed by atoms with Crippen molar-refractivity contribution >= 4 is 32.5 Å². The molecule has 0 radical (unpaired) electrons. The first kappa shape index (κ1) is 12.3. The van der Waals surface area contributed by atoms with E-state index in [1.54, 1.807) is 6.20 Å². The highest BCUT2D eigenvalue weighted by Crippen LogP contribution is 2.23. The lowest BCUT2D eigenvalue weighted by molar-refractivity contribution is 0.105. The van der Waals surface area contributed by atoms with Crippen molar-refractivity contribution in [2.24, 2.45) is 0 Å². The van der Waals surface area contributed by atoms with Gasteiger partial charge in [-0.05, 0) is 28.1 Å². The Labute approximate surface area is 107 Å².